The second-order valence-electron chi connectivity index (χ2n) is 7.93. The lowest BCUT2D eigenvalue weighted by molar-refractivity contribution is -0.140. The maximum Gasteiger partial charge on any atom is 0.295 e. The molecule has 0 saturated carbocycles. The zero-order valence-electron chi connectivity index (χ0n) is 18.3. The minimum atomic E-state index is -0.738. The van der Waals surface area contributed by atoms with Crippen LogP contribution in [0.4, 0.5) is 0 Å². The average molecular weight is 438 g/mol. The summed E-state index contributed by atoms with van der Waals surface area (Å²) in [6.07, 6.45) is 0. The van der Waals surface area contributed by atoms with Crippen molar-refractivity contribution in [2.45, 2.75) is 6.04 Å². The van der Waals surface area contributed by atoms with Crippen molar-refractivity contribution >= 4 is 17.4 Å². The first-order chi connectivity index (χ1) is 15.4. The van der Waals surface area contributed by atoms with Crippen molar-refractivity contribution in [3.05, 3.63) is 59.2 Å². The van der Waals surface area contributed by atoms with Gasteiger partial charge in [0.15, 0.2) is 11.5 Å². The molecule has 1 saturated heterocycles. The number of rotatable bonds is 6. The predicted molar refractivity (Wildman–Crippen MR) is 118 cm³/mol. The Morgan fingerprint density at radius 1 is 1.12 bits per heavy atom. The van der Waals surface area contributed by atoms with E-state index in [0.717, 1.165) is 0 Å². The molecule has 0 bridgehead atoms. The number of aliphatic hydroxyl groups is 1. The molecule has 168 valence electrons. The number of fused-ring (bicyclic) bond motifs is 1. The quantitative estimate of drug-likeness (QED) is 0.421. The molecule has 1 amide bonds. The molecule has 8 heteroatoms. The number of aliphatic hydroxyl groups excluding tert-OH is 1. The molecule has 2 aromatic rings. The van der Waals surface area contributed by atoms with Crippen molar-refractivity contribution in [3.8, 4) is 17.2 Å². The van der Waals surface area contributed by atoms with Gasteiger partial charge in [0.1, 0.15) is 24.7 Å². The molecular weight excluding hydrogens is 412 g/mol. The summed E-state index contributed by atoms with van der Waals surface area (Å²) >= 11 is 0. The van der Waals surface area contributed by atoms with Crippen molar-refractivity contribution in [2.24, 2.45) is 0 Å². The Bertz CT molecular complexity index is 1080. The van der Waals surface area contributed by atoms with Gasteiger partial charge in [0.25, 0.3) is 11.7 Å². The Morgan fingerprint density at radius 2 is 1.88 bits per heavy atom. The summed E-state index contributed by atoms with van der Waals surface area (Å²) in [6.45, 7) is 1.75. The van der Waals surface area contributed by atoms with Crippen LogP contribution in [0, 0.1) is 0 Å². The first kappa shape index (κ1) is 21.7. The summed E-state index contributed by atoms with van der Waals surface area (Å²) in [5.74, 6) is 0.0481. The summed E-state index contributed by atoms with van der Waals surface area (Å²) in [6, 6.07) is 11.4. The zero-order chi connectivity index (χ0) is 22.8. The fourth-order valence-electron chi connectivity index (χ4n) is 3.92. The van der Waals surface area contributed by atoms with Crippen molar-refractivity contribution < 1.29 is 28.9 Å². The smallest absolute Gasteiger partial charge is 0.295 e. The Labute approximate surface area is 186 Å². The van der Waals surface area contributed by atoms with E-state index in [1.807, 2.05) is 25.1 Å². The Kier molecular flexibility index (Phi) is 6.05. The van der Waals surface area contributed by atoms with Crippen LogP contribution in [-0.2, 0) is 9.59 Å². The van der Waals surface area contributed by atoms with E-state index in [2.05, 4.69) is 0 Å². The lowest BCUT2D eigenvalue weighted by Gasteiger charge is -2.27. The number of methoxy groups -OCH3 is 1. The molecule has 0 unspecified atom stereocenters. The van der Waals surface area contributed by atoms with E-state index in [4.69, 9.17) is 14.2 Å². The summed E-state index contributed by atoms with van der Waals surface area (Å²) in [5.41, 5.74) is 1.10. The highest BCUT2D eigenvalue weighted by molar-refractivity contribution is 6.46. The standard InChI is InChI=1S/C24H26N2O6/c1-25(2)9-10-26-21(15-5-4-6-17(13-15)30-3)20(23(28)24(26)29)22(27)16-7-8-18-19(14-16)32-12-11-31-18/h4-8,13-14,21,27H,9-12H2,1-3H3/b22-20+/t21-/m1/s1. The van der Waals surface area contributed by atoms with E-state index < -0.39 is 17.7 Å². The van der Waals surface area contributed by atoms with Gasteiger partial charge in [-0.15, -0.1) is 0 Å². The molecular formula is C24H26N2O6. The van der Waals surface area contributed by atoms with Crippen molar-refractivity contribution in [1.29, 1.82) is 0 Å². The number of amides is 1. The molecule has 0 aliphatic carbocycles. The Balaban J connectivity index is 1.83. The van der Waals surface area contributed by atoms with Crippen LogP contribution in [0.3, 0.4) is 0 Å². The minimum absolute atomic E-state index is 0.0405. The molecule has 0 spiro atoms. The lowest BCUT2D eigenvalue weighted by Crippen LogP contribution is -2.35. The second kappa shape index (κ2) is 8.92. The highest BCUT2D eigenvalue weighted by Crippen LogP contribution is 2.41. The maximum absolute atomic E-state index is 13.1. The topological polar surface area (TPSA) is 88.5 Å². The third-order valence-corrected chi connectivity index (χ3v) is 5.55. The van der Waals surface area contributed by atoms with Gasteiger partial charge in [-0.05, 0) is 50.0 Å². The van der Waals surface area contributed by atoms with Gasteiger partial charge < -0.3 is 29.1 Å². The monoisotopic (exact) mass is 438 g/mol. The molecule has 2 aliphatic heterocycles. The zero-order valence-corrected chi connectivity index (χ0v) is 18.3. The van der Waals surface area contributed by atoms with Gasteiger partial charge in [-0.3, -0.25) is 9.59 Å². The van der Waals surface area contributed by atoms with E-state index in [1.54, 1.807) is 43.5 Å². The normalized spacial score (nSPS) is 19.5. The molecule has 1 atom stereocenters. The van der Waals surface area contributed by atoms with Crippen LogP contribution in [0.15, 0.2) is 48.0 Å². The van der Waals surface area contributed by atoms with E-state index in [1.165, 1.54) is 4.90 Å². The number of Topliss-reactive ketones (excluding diaryl/α,β-unsaturated/α-hetero) is 1. The van der Waals surface area contributed by atoms with E-state index in [-0.39, 0.29) is 11.3 Å². The van der Waals surface area contributed by atoms with Crippen LogP contribution in [0.1, 0.15) is 17.2 Å². The number of carbonyl (C=O) groups excluding carboxylic acids is 2. The first-order valence-corrected chi connectivity index (χ1v) is 10.4. The predicted octanol–water partition coefficient (Wildman–Crippen LogP) is 2.45. The summed E-state index contributed by atoms with van der Waals surface area (Å²) in [5, 5.41) is 11.2. The number of likely N-dealkylation sites (tertiary alicyclic amines) is 1. The van der Waals surface area contributed by atoms with Gasteiger partial charge in [-0.25, -0.2) is 0 Å². The number of benzene rings is 2. The number of ether oxygens (including phenoxy) is 3. The van der Waals surface area contributed by atoms with Crippen LogP contribution in [0.2, 0.25) is 0 Å². The summed E-state index contributed by atoms with van der Waals surface area (Å²) in [7, 11) is 5.34. The second-order valence-corrected chi connectivity index (χ2v) is 7.93. The number of nitrogens with zero attached hydrogens (tertiary/aromatic N) is 2. The van der Waals surface area contributed by atoms with E-state index in [0.29, 0.717) is 54.7 Å². The largest absolute Gasteiger partial charge is 0.507 e. The molecule has 1 N–H and O–H groups in total. The molecule has 2 aromatic carbocycles. The van der Waals surface area contributed by atoms with Gasteiger partial charge in [0, 0.05) is 18.7 Å². The molecule has 0 aromatic heterocycles. The molecule has 2 aliphatic rings. The minimum Gasteiger partial charge on any atom is -0.507 e. The molecule has 8 nitrogen and oxygen atoms in total. The van der Waals surface area contributed by atoms with Crippen molar-refractivity contribution in [3.63, 3.8) is 0 Å². The van der Waals surface area contributed by atoms with Gasteiger partial charge in [-0.2, -0.15) is 0 Å². The third kappa shape index (κ3) is 4.01. The first-order valence-electron chi connectivity index (χ1n) is 10.4. The summed E-state index contributed by atoms with van der Waals surface area (Å²) in [4.78, 5) is 29.5. The highest BCUT2D eigenvalue weighted by Gasteiger charge is 2.46. The van der Waals surface area contributed by atoms with Gasteiger partial charge in [0.2, 0.25) is 0 Å². The van der Waals surface area contributed by atoms with Crippen LogP contribution in [0.5, 0.6) is 17.2 Å². The average Bonchev–Trinajstić information content (AvgIpc) is 3.06. The number of ketones is 1. The Hall–Kier alpha value is -3.52. The van der Waals surface area contributed by atoms with E-state index >= 15 is 0 Å². The van der Waals surface area contributed by atoms with Gasteiger partial charge in [0.05, 0.1) is 18.7 Å². The highest BCUT2D eigenvalue weighted by atomic mass is 16.6. The number of likely N-dealkylation sites (N-methyl/N-ethyl adjacent to an activating group) is 1. The van der Waals surface area contributed by atoms with Crippen LogP contribution < -0.4 is 14.2 Å². The molecule has 0 radical (unpaired) electrons. The third-order valence-electron chi connectivity index (χ3n) is 5.55. The summed E-state index contributed by atoms with van der Waals surface area (Å²) < 4.78 is 16.5. The molecule has 32 heavy (non-hydrogen) atoms. The molecule has 1 fully saturated rings. The molecule has 4 rings (SSSR count). The van der Waals surface area contributed by atoms with Gasteiger partial charge >= 0.3 is 0 Å². The van der Waals surface area contributed by atoms with Crippen LogP contribution in [0.25, 0.3) is 5.76 Å². The van der Waals surface area contributed by atoms with Crippen molar-refractivity contribution in [2.75, 3.05) is 47.5 Å². The number of hydrogen-bond donors (Lipinski definition) is 1. The lowest BCUT2D eigenvalue weighted by atomic mass is 9.95. The van der Waals surface area contributed by atoms with Crippen molar-refractivity contribution in [1.82, 2.24) is 9.80 Å². The van der Waals surface area contributed by atoms with Crippen LogP contribution in [-0.4, -0.2) is 74.1 Å². The fourth-order valence-corrected chi connectivity index (χ4v) is 3.92. The Morgan fingerprint density at radius 3 is 2.59 bits per heavy atom. The number of hydrogen-bond acceptors (Lipinski definition) is 7. The SMILES string of the molecule is COc1cccc([C@@H]2/C(=C(\O)c3ccc4c(c3)OCCO4)C(=O)C(=O)N2CCN(C)C)c1. The fraction of sp³-hybridized carbons (Fsp3) is 0.333. The van der Waals surface area contributed by atoms with Gasteiger partial charge in [-0.1, -0.05) is 12.1 Å². The van der Waals surface area contributed by atoms with Crippen LogP contribution >= 0.6 is 0 Å². The number of carbonyl (C=O) groups is 2. The maximum atomic E-state index is 13.1. The molecule has 2 heterocycles. The van der Waals surface area contributed by atoms with E-state index in [9.17, 15) is 14.7 Å².